The molecule has 1 fully saturated rings. The third-order valence-electron chi connectivity index (χ3n) is 4.13. The monoisotopic (exact) mass is 283 g/mol. The van der Waals surface area contributed by atoms with Crippen LogP contribution in [0.2, 0.25) is 0 Å². The number of nitrogens with one attached hydrogen (secondary N) is 1. The molecule has 0 radical (unpaired) electrons. The van der Waals surface area contributed by atoms with Gasteiger partial charge in [0.05, 0.1) is 5.41 Å². The number of hydrogen-bond acceptors (Lipinski definition) is 2. The fourth-order valence-corrected chi connectivity index (χ4v) is 3.29. The minimum Gasteiger partial charge on any atom is -0.481 e. The molecule has 0 aliphatic heterocycles. The summed E-state index contributed by atoms with van der Waals surface area (Å²) in [7, 11) is 0. The fraction of sp³-hybridized carbons (Fsp3) is 0.875. The third kappa shape index (κ3) is 5.14. The van der Waals surface area contributed by atoms with Crippen molar-refractivity contribution in [2.45, 2.75) is 66.2 Å². The van der Waals surface area contributed by atoms with E-state index in [1.165, 1.54) is 0 Å². The maximum Gasteiger partial charge on any atom is 0.311 e. The second-order valence-corrected chi connectivity index (χ2v) is 7.64. The van der Waals surface area contributed by atoms with Gasteiger partial charge in [-0.3, -0.25) is 9.59 Å². The van der Waals surface area contributed by atoms with Crippen molar-refractivity contribution in [1.82, 2.24) is 5.32 Å². The Morgan fingerprint density at radius 1 is 1.25 bits per heavy atom. The molecule has 0 saturated heterocycles. The molecule has 1 atom stereocenters. The first-order valence-electron chi connectivity index (χ1n) is 7.65. The Bertz CT molecular complexity index is 351. The first kappa shape index (κ1) is 17.0. The van der Waals surface area contributed by atoms with Gasteiger partial charge in [0.2, 0.25) is 5.91 Å². The smallest absolute Gasteiger partial charge is 0.311 e. The molecule has 1 amide bonds. The highest BCUT2D eigenvalue weighted by Crippen LogP contribution is 2.37. The van der Waals surface area contributed by atoms with Crippen LogP contribution < -0.4 is 5.32 Å². The highest BCUT2D eigenvalue weighted by atomic mass is 16.4. The standard InChI is InChI=1S/C16H29NO3/c1-12(10-15(2,3)4)9-13(18)17-11-16(14(19)20)7-5-6-8-16/h12H,5-11H2,1-4H3,(H,17,18)(H,19,20). The van der Waals surface area contributed by atoms with Gasteiger partial charge in [0, 0.05) is 13.0 Å². The lowest BCUT2D eigenvalue weighted by molar-refractivity contribution is -0.148. The lowest BCUT2D eigenvalue weighted by Crippen LogP contribution is -2.41. The molecule has 1 rings (SSSR count). The number of carboxylic acid groups (broad SMARTS) is 1. The Morgan fingerprint density at radius 2 is 1.80 bits per heavy atom. The minimum atomic E-state index is -0.766. The maximum absolute atomic E-state index is 12.0. The first-order chi connectivity index (χ1) is 9.15. The van der Waals surface area contributed by atoms with E-state index in [-0.39, 0.29) is 17.9 Å². The van der Waals surface area contributed by atoms with Crippen molar-refractivity contribution in [2.75, 3.05) is 6.54 Å². The molecule has 0 bridgehead atoms. The number of hydrogen-bond donors (Lipinski definition) is 2. The summed E-state index contributed by atoms with van der Waals surface area (Å²) in [5.41, 5.74) is -0.504. The van der Waals surface area contributed by atoms with E-state index in [4.69, 9.17) is 0 Å². The summed E-state index contributed by atoms with van der Waals surface area (Å²) in [6.07, 6.45) is 4.73. The van der Waals surface area contributed by atoms with Crippen LogP contribution in [-0.2, 0) is 9.59 Å². The topological polar surface area (TPSA) is 66.4 Å². The Labute approximate surface area is 122 Å². The van der Waals surface area contributed by atoms with E-state index in [1.54, 1.807) is 0 Å². The van der Waals surface area contributed by atoms with Crippen molar-refractivity contribution in [3.8, 4) is 0 Å². The molecule has 2 N–H and O–H groups in total. The molecule has 4 heteroatoms. The predicted molar refractivity (Wildman–Crippen MR) is 79.4 cm³/mol. The van der Waals surface area contributed by atoms with Gasteiger partial charge in [-0.25, -0.2) is 0 Å². The lowest BCUT2D eigenvalue weighted by Gasteiger charge is -2.25. The SMILES string of the molecule is CC(CC(=O)NCC1(C(=O)O)CCCC1)CC(C)(C)C. The lowest BCUT2D eigenvalue weighted by atomic mass is 9.83. The van der Waals surface area contributed by atoms with Gasteiger partial charge in [0.25, 0.3) is 0 Å². The number of amides is 1. The van der Waals surface area contributed by atoms with E-state index in [1.807, 2.05) is 0 Å². The average molecular weight is 283 g/mol. The van der Waals surface area contributed by atoms with Gasteiger partial charge >= 0.3 is 5.97 Å². The van der Waals surface area contributed by atoms with Crippen LogP contribution in [0.4, 0.5) is 0 Å². The highest BCUT2D eigenvalue weighted by molar-refractivity contribution is 5.79. The van der Waals surface area contributed by atoms with E-state index < -0.39 is 11.4 Å². The quantitative estimate of drug-likeness (QED) is 0.786. The fourth-order valence-electron chi connectivity index (χ4n) is 3.29. The molecule has 4 nitrogen and oxygen atoms in total. The zero-order valence-electron chi connectivity index (χ0n) is 13.3. The average Bonchev–Trinajstić information content (AvgIpc) is 2.73. The molecule has 0 aromatic heterocycles. The van der Waals surface area contributed by atoms with Gasteiger partial charge in [-0.05, 0) is 30.6 Å². The Kier molecular flexibility index (Phi) is 5.60. The second kappa shape index (κ2) is 6.59. The van der Waals surface area contributed by atoms with Crippen LogP contribution in [-0.4, -0.2) is 23.5 Å². The first-order valence-corrected chi connectivity index (χ1v) is 7.65. The van der Waals surface area contributed by atoms with Crippen LogP contribution >= 0.6 is 0 Å². The van der Waals surface area contributed by atoms with Crippen LogP contribution in [0.15, 0.2) is 0 Å². The van der Waals surface area contributed by atoms with Crippen LogP contribution in [0.5, 0.6) is 0 Å². The van der Waals surface area contributed by atoms with Crippen LogP contribution in [0.1, 0.15) is 66.2 Å². The van der Waals surface area contributed by atoms with Crippen molar-refractivity contribution in [1.29, 1.82) is 0 Å². The van der Waals surface area contributed by atoms with Gasteiger partial charge in [-0.2, -0.15) is 0 Å². The van der Waals surface area contributed by atoms with Crippen molar-refractivity contribution in [3.05, 3.63) is 0 Å². The van der Waals surface area contributed by atoms with Gasteiger partial charge in [0.1, 0.15) is 0 Å². The molecule has 1 unspecified atom stereocenters. The zero-order valence-corrected chi connectivity index (χ0v) is 13.3. The zero-order chi connectivity index (χ0) is 15.4. The number of carboxylic acids is 1. The molecule has 1 aliphatic rings. The third-order valence-corrected chi connectivity index (χ3v) is 4.13. The van der Waals surface area contributed by atoms with Crippen molar-refractivity contribution in [2.24, 2.45) is 16.7 Å². The predicted octanol–water partition coefficient (Wildman–Crippen LogP) is 3.21. The molecule has 1 saturated carbocycles. The summed E-state index contributed by atoms with van der Waals surface area (Å²) in [4.78, 5) is 23.4. The molecular formula is C16H29NO3. The molecule has 1 aliphatic carbocycles. The summed E-state index contributed by atoms with van der Waals surface area (Å²) in [6, 6.07) is 0. The normalized spacial score (nSPS) is 19.6. The Balaban J connectivity index is 2.41. The van der Waals surface area contributed by atoms with Crippen molar-refractivity contribution in [3.63, 3.8) is 0 Å². The van der Waals surface area contributed by atoms with Crippen LogP contribution in [0.3, 0.4) is 0 Å². The molecule has 0 heterocycles. The molecule has 20 heavy (non-hydrogen) atoms. The highest BCUT2D eigenvalue weighted by Gasteiger charge is 2.41. The van der Waals surface area contributed by atoms with E-state index in [0.717, 1.165) is 19.3 Å². The van der Waals surface area contributed by atoms with Crippen molar-refractivity contribution < 1.29 is 14.7 Å². The summed E-state index contributed by atoms with van der Waals surface area (Å²) in [5, 5.41) is 12.2. The van der Waals surface area contributed by atoms with Gasteiger partial charge in [-0.1, -0.05) is 40.5 Å². The largest absolute Gasteiger partial charge is 0.481 e. The minimum absolute atomic E-state index is 0.0192. The summed E-state index contributed by atoms with van der Waals surface area (Å²) < 4.78 is 0. The molecule has 0 aromatic carbocycles. The number of rotatable bonds is 6. The number of carbonyl (C=O) groups excluding carboxylic acids is 1. The van der Waals surface area contributed by atoms with E-state index >= 15 is 0 Å². The molecule has 0 spiro atoms. The summed E-state index contributed by atoms with van der Waals surface area (Å²) >= 11 is 0. The molecule has 0 aromatic rings. The Hall–Kier alpha value is -1.06. The van der Waals surface area contributed by atoms with Gasteiger partial charge < -0.3 is 10.4 Å². The van der Waals surface area contributed by atoms with Crippen molar-refractivity contribution >= 4 is 11.9 Å². The molecular weight excluding hydrogens is 254 g/mol. The van der Waals surface area contributed by atoms with E-state index in [9.17, 15) is 14.7 Å². The maximum atomic E-state index is 12.0. The summed E-state index contributed by atoms with van der Waals surface area (Å²) in [6.45, 7) is 8.86. The van der Waals surface area contributed by atoms with E-state index in [2.05, 4.69) is 33.0 Å². The van der Waals surface area contributed by atoms with Gasteiger partial charge in [-0.15, -0.1) is 0 Å². The van der Waals surface area contributed by atoms with Crippen LogP contribution in [0.25, 0.3) is 0 Å². The number of carbonyl (C=O) groups is 2. The molecule has 116 valence electrons. The Morgan fingerprint density at radius 3 is 2.25 bits per heavy atom. The van der Waals surface area contributed by atoms with Crippen LogP contribution in [0, 0.1) is 16.7 Å². The number of aliphatic carboxylic acids is 1. The van der Waals surface area contributed by atoms with Gasteiger partial charge in [0.15, 0.2) is 0 Å². The van der Waals surface area contributed by atoms with E-state index in [0.29, 0.717) is 25.2 Å². The summed E-state index contributed by atoms with van der Waals surface area (Å²) in [5.74, 6) is -0.466. The second-order valence-electron chi connectivity index (χ2n) is 7.64.